The van der Waals surface area contributed by atoms with E-state index in [1.165, 1.54) is 0 Å². The Kier molecular flexibility index (Phi) is 6.53. The molecule has 2 aliphatic rings. The minimum atomic E-state index is -0.638. The highest BCUT2D eigenvalue weighted by Crippen LogP contribution is 2.56. The van der Waals surface area contributed by atoms with Gasteiger partial charge in [-0.3, -0.25) is 14.4 Å². The molecule has 6 nitrogen and oxygen atoms in total. The lowest BCUT2D eigenvalue weighted by atomic mass is 10.00. The van der Waals surface area contributed by atoms with Crippen LogP contribution in [0.3, 0.4) is 0 Å². The fraction of sp³-hybridized carbons (Fsp3) is 0.571. The van der Waals surface area contributed by atoms with E-state index in [0.717, 1.165) is 11.3 Å². The van der Waals surface area contributed by atoms with Gasteiger partial charge in [0.25, 0.3) is 5.91 Å². The van der Waals surface area contributed by atoms with Crippen molar-refractivity contribution in [1.29, 1.82) is 0 Å². The number of hydrogen-bond acceptors (Lipinski definition) is 5. The lowest BCUT2D eigenvalue weighted by Crippen LogP contribution is -2.57. The summed E-state index contributed by atoms with van der Waals surface area (Å²) in [5.41, 5.74) is 1.62. The number of nitrogens with zero attached hydrogens (tertiary/aromatic N) is 1. The van der Waals surface area contributed by atoms with E-state index < -0.39 is 16.8 Å². The first-order chi connectivity index (χ1) is 13.7. The van der Waals surface area contributed by atoms with E-state index in [1.54, 1.807) is 28.4 Å². The standard InChI is InChI=1S/C21H29N3O3S2/c1-12(2)22-17(25)15(10-11-28-5)23-18(26)16-21(3,4)29-20-14-9-7-6-8-13(14)19(27)24(16)20/h6-9,12,15-16,20H,10-11H2,1-5H3,(H,22,25)(H,23,26). The quantitative estimate of drug-likeness (QED) is 0.689. The van der Waals surface area contributed by atoms with Crippen molar-refractivity contribution in [3.05, 3.63) is 35.4 Å². The third-order valence-electron chi connectivity index (χ3n) is 5.22. The van der Waals surface area contributed by atoms with Crippen molar-refractivity contribution < 1.29 is 14.4 Å². The van der Waals surface area contributed by atoms with E-state index in [4.69, 9.17) is 0 Å². The number of hydrogen-bond donors (Lipinski definition) is 2. The van der Waals surface area contributed by atoms with Crippen LogP contribution < -0.4 is 10.6 Å². The van der Waals surface area contributed by atoms with Gasteiger partial charge in [0, 0.05) is 16.4 Å². The molecule has 1 saturated heterocycles. The maximum Gasteiger partial charge on any atom is 0.256 e. The molecule has 29 heavy (non-hydrogen) atoms. The van der Waals surface area contributed by atoms with Crippen LogP contribution in [0.1, 0.15) is 55.4 Å². The first kappa shape index (κ1) is 22.0. The third kappa shape index (κ3) is 4.28. The fourth-order valence-corrected chi connectivity index (χ4v) is 6.00. The second kappa shape index (κ2) is 8.60. The summed E-state index contributed by atoms with van der Waals surface area (Å²) in [4.78, 5) is 40.7. The second-order valence-electron chi connectivity index (χ2n) is 8.28. The summed E-state index contributed by atoms with van der Waals surface area (Å²) < 4.78 is -0.462. The molecule has 2 heterocycles. The maximum atomic E-state index is 13.4. The summed E-state index contributed by atoms with van der Waals surface area (Å²) in [6.07, 6.45) is 2.52. The highest BCUT2D eigenvalue weighted by Gasteiger charge is 2.57. The molecule has 8 heteroatoms. The molecule has 0 aliphatic carbocycles. The number of rotatable bonds is 7. The van der Waals surface area contributed by atoms with Gasteiger partial charge in [0.15, 0.2) is 0 Å². The van der Waals surface area contributed by atoms with E-state index in [2.05, 4.69) is 10.6 Å². The zero-order valence-electron chi connectivity index (χ0n) is 17.5. The SMILES string of the molecule is CSCCC(NC(=O)C1N2C(=O)c3ccccc3C2SC1(C)C)C(=O)NC(C)C. The van der Waals surface area contributed by atoms with Crippen LogP contribution in [0.5, 0.6) is 0 Å². The van der Waals surface area contributed by atoms with Gasteiger partial charge in [-0.2, -0.15) is 11.8 Å². The van der Waals surface area contributed by atoms with Crippen LogP contribution in [0.2, 0.25) is 0 Å². The lowest BCUT2D eigenvalue weighted by molar-refractivity contribution is -0.132. The van der Waals surface area contributed by atoms with Crippen molar-refractivity contribution in [3.63, 3.8) is 0 Å². The molecular formula is C21H29N3O3S2. The zero-order valence-corrected chi connectivity index (χ0v) is 19.2. The Bertz CT molecular complexity index is 812. The van der Waals surface area contributed by atoms with Crippen LogP contribution in [0.15, 0.2) is 24.3 Å². The Labute approximate surface area is 180 Å². The Morgan fingerprint density at radius 3 is 2.59 bits per heavy atom. The van der Waals surface area contributed by atoms with E-state index in [-0.39, 0.29) is 29.1 Å². The molecule has 3 atom stereocenters. The van der Waals surface area contributed by atoms with E-state index in [9.17, 15) is 14.4 Å². The fourth-order valence-electron chi connectivity index (χ4n) is 3.94. The number of benzene rings is 1. The van der Waals surface area contributed by atoms with Crippen molar-refractivity contribution in [2.24, 2.45) is 0 Å². The number of fused-ring (bicyclic) bond motifs is 3. The third-order valence-corrected chi connectivity index (χ3v) is 7.40. The van der Waals surface area contributed by atoms with Gasteiger partial charge in [-0.15, -0.1) is 11.8 Å². The van der Waals surface area contributed by atoms with E-state index in [0.29, 0.717) is 12.0 Å². The molecule has 1 aromatic carbocycles. The predicted molar refractivity (Wildman–Crippen MR) is 119 cm³/mol. The number of thioether (sulfide) groups is 2. The molecule has 158 valence electrons. The van der Waals surface area contributed by atoms with Gasteiger partial charge in [0.1, 0.15) is 17.5 Å². The van der Waals surface area contributed by atoms with E-state index >= 15 is 0 Å². The van der Waals surface area contributed by atoms with Crippen LogP contribution in [0.25, 0.3) is 0 Å². The van der Waals surface area contributed by atoms with Crippen molar-refractivity contribution in [2.75, 3.05) is 12.0 Å². The molecule has 3 amide bonds. The topological polar surface area (TPSA) is 78.5 Å². The minimum Gasteiger partial charge on any atom is -0.352 e. The van der Waals surface area contributed by atoms with Gasteiger partial charge in [0.2, 0.25) is 11.8 Å². The number of amides is 3. The molecule has 0 saturated carbocycles. The molecule has 1 aromatic rings. The molecular weight excluding hydrogens is 406 g/mol. The summed E-state index contributed by atoms with van der Waals surface area (Å²) in [7, 11) is 0. The molecule has 3 rings (SSSR count). The van der Waals surface area contributed by atoms with Crippen LogP contribution >= 0.6 is 23.5 Å². The van der Waals surface area contributed by atoms with Crippen molar-refractivity contribution in [1.82, 2.24) is 15.5 Å². The van der Waals surface area contributed by atoms with Gasteiger partial charge in [-0.05, 0) is 57.8 Å². The summed E-state index contributed by atoms with van der Waals surface area (Å²) in [6.45, 7) is 7.77. The zero-order chi connectivity index (χ0) is 21.3. The van der Waals surface area contributed by atoms with Gasteiger partial charge in [-0.1, -0.05) is 18.2 Å². The Morgan fingerprint density at radius 2 is 1.93 bits per heavy atom. The lowest BCUT2D eigenvalue weighted by Gasteiger charge is -2.31. The van der Waals surface area contributed by atoms with E-state index in [1.807, 2.05) is 58.2 Å². The van der Waals surface area contributed by atoms with Crippen molar-refractivity contribution >= 4 is 41.2 Å². The average molecular weight is 436 g/mol. The molecule has 0 bridgehead atoms. The first-order valence-corrected chi connectivity index (χ1v) is 12.1. The Morgan fingerprint density at radius 1 is 1.24 bits per heavy atom. The molecule has 2 N–H and O–H groups in total. The molecule has 2 aliphatic heterocycles. The summed E-state index contributed by atoms with van der Waals surface area (Å²) >= 11 is 3.26. The van der Waals surface area contributed by atoms with Crippen LogP contribution in [-0.4, -0.2) is 57.5 Å². The van der Waals surface area contributed by atoms with Gasteiger partial charge >= 0.3 is 0 Å². The molecule has 0 spiro atoms. The summed E-state index contributed by atoms with van der Waals surface area (Å²) in [5.74, 6) is 0.196. The average Bonchev–Trinajstić information content (AvgIpc) is 3.08. The second-order valence-corrected chi connectivity index (χ2v) is 11.0. The number of nitrogens with one attached hydrogen (secondary N) is 2. The minimum absolute atomic E-state index is 0.00584. The largest absolute Gasteiger partial charge is 0.352 e. The number of carbonyl (C=O) groups is 3. The highest BCUT2D eigenvalue weighted by molar-refractivity contribution is 8.01. The van der Waals surface area contributed by atoms with Gasteiger partial charge in [0.05, 0.1) is 0 Å². The normalized spacial score (nSPS) is 23.0. The van der Waals surface area contributed by atoms with Crippen LogP contribution in [-0.2, 0) is 9.59 Å². The molecule has 0 aromatic heterocycles. The van der Waals surface area contributed by atoms with Crippen molar-refractivity contribution in [2.45, 2.75) is 62.4 Å². The summed E-state index contributed by atoms with van der Waals surface area (Å²) in [6, 6.07) is 6.28. The number of carbonyl (C=O) groups excluding carboxylic acids is 3. The van der Waals surface area contributed by atoms with Crippen LogP contribution in [0.4, 0.5) is 0 Å². The van der Waals surface area contributed by atoms with Gasteiger partial charge in [-0.25, -0.2) is 0 Å². The molecule has 1 fully saturated rings. The highest BCUT2D eigenvalue weighted by atomic mass is 32.2. The Hall–Kier alpha value is -1.67. The Balaban J connectivity index is 1.83. The van der Waals surface area contributed by atoms with Crippen molar-refractivity contribution in [3.8, 4) is 0 Å². The molecule has 3 unspecified atom stereocenters. The van der Waals surface area contributed by atoms with Gasteiger partial charge < -0.3 is 15.5 Å². The smallest absolute Gasteiger partial charge is 0.256 e. The summed E-state index contributed by atoms with van der Waals surface area (Å²) in [5, 5.41) is 5.66. The predicted octanol–water partition coefficient (Wildman–Crippen LogP) is 2.80. The monoisotopic (exact) mass is 435 g/mol. The maximum absolute atomic E-state index is 13.4. The first-order valence-electron chi connectivity index (χ1n) is 9.86. The molecule has 0 radical (unpaired) electrons. The van der Waals surface area contributed by atoms with Crippen LogP contribution in [0, 0.1) is 0 Å².